The van der Waals surface area contributed by atoms with Crippen LogP contribution in [0.4, 0.5) is 22.0 Å². The molecule has 0 spiro atoms. The highest BCUT2D eigenvalue weighted by atomic mass is 19.4. The molecule has 1 aliphatic carbocycles. The third-order valence-electron chi connectivity index (χ3n) is 6.79. The molecule has 0 aliphatic heterocycles. The minimum Gasteiger partial charge on any atom is -0.207 e. The van der Waals surface area contributed by atoms with Gasteiger partial charge in [0.25, 0.3) is 0 Å². The molecule has 170 valence electrons. The second-order valence-electron chi connectivity index (χ2n) is 8.86. The lowest BCUT2D eigenvalue weighted by atomic mass is 9.69. The number of benzene rings is 3. The van der Waals surface area contributed by atoms with Crippen molar-refractivity contribution in [1.29, 1.82) is 0 Å². The van der Waals surface area contributed by atoms with Crippen LogP contribution in [0.5, 0.6) is 0 Å². The molecule has 0 amide bonds. The lowest BCUT2D eigenvalue weighted by Crippen LogP contribution is -2.23. The van der Waals surface area contributed by atoms with E-state index in [4.69, 9.17) is 0 Å². The second kappa shape index (κ2) is 9.21. The topological polar surface area (TPSA) is 0 Å². The third kappa shape index (κ3) is 4.53. The van der Waals surface area contributed by atoms with Crippen molar-refractivity contribution < 1.29 is 22.0 Å². The van der Waals surface area contributed by atoms with Crippen molar-refractivity contribution in [2.75, 3.05) is 0 Å². The minimum atomic E-state index is -4.72. The zero-order valence-electron chi connectivity index (χ0n) is 18.1. The summed E-state index contributed by atoms with van der Waals surface area (Å²) in [6.45, 7) is 2.15. The van der Waals surface area contributed by atoms with Crippen molar-refractivity contribution in [3.8, 4) is 0 Å². The molecule has 0 saturated heterocycles. The summed E-state index contributed by atoms with van der Waals surface area (Å²) in [5.41, 5.74) is 1.33. The van der Waals surface area contributed by atoms with Crippen molar-refractivity contribution in [2.45, 2.75) is 64.0 Å². The van der Waals surface area contributed by atoms with Crippen molar-refractivity contribution in [2.24, 2.45) is 5.92 Å². The van der Waals surface area contributed by atoms with Crippen molar-refractivity contribution >= 4 is 10.8 Å². The van der Waals surface area contributed by atoms with Gasteiger partial charge in [-0.05, 0) is 76.9 Å². The van der Waals surface area contributed by atoms with Gasteiger partial charge in [0.15, 0.2) is 0 Å². The summed E-state index contributed by atoms with van der Waals surface area (Å²) in [7, 11) is 0. The Balaban J connectivity index is 1.79. The monoisotopic (exact) mass is 446 g/mol. The highest BCUT2D eigenvalue weighted by Crippen LogP contribution is 2.46. The smallest absolute Gasteiger partial charge is 0.207 e. The van der Waals surface area contributed by atoms with Crippen LogP contribution in [0, 0.1) is 17.6 Å². The molecule has 1 aliphatic rings. The summed E-state index contributed by atoms with van der Waals surface area (Å²) >= 11 is 0. The Kier molecular flexibility index (Phi) is 6.55. The standard InChI is InChI=1S/C27H27F5/c1-2-3-4-5-6-18-9-12-21-22(13-8-17-7-11-20(28)16-23(17)21)26(18)19-10-14-24(25(29)15-19)27(30,31)32/h7-8,10-11,13-16,18,26H,2-6,9,12H2,1H3/t18-,26-/m1/s1. The number of alkyl halides is 3. The predicted octanol–water partition coefficient (Wildman–Crippen LogP) is 8.80. The van der Waals surface area contributed by atoms with Gasteiger partial charge in [-0.3, -0.25) is 0 Å². The number of fused-ring (bicyclic) bond motifs is 3. The molecule has 0 fully saturated rings. The van der Waals surface area contributed by atoms with Crippen LogP contribution >= 0.6 is 0 Å². The van der Waals surface area contributed by atoms with Crippen molar-refractivity contribution in [3.05, 3.63) is 82.4 Å². The second-order valence-corrected chi connectivity index (χ2v) is 8.86. The van der Waals surface area contributed by atoms with E-state index in [2.05, 4.69) is 6.92 Å². The van der Waals surface area contributed by atoms with Gasteiger partial charge in [-0.25, -0.2) is 8.78 Å². The molecule has 3 aromatic rings. The van der Waals surface area contributed by atoms with Crippen LogP contribution in [0.25, 0.3) is 10.8 Å². The molecule has 0 unspecified atom stereocenters. The first-order chi connectivity index (χ1) is 15.3. The number of hydrogen-bond donors (Lipinski definition) is 0. The Hall–Kier alpha value is -2.43. The van der Waals surface area contributed by atoms with Gasteiger partial charge in [0.1, 0.15) is 11.6 Å². The first-order valence-corrected chi connectivity index (χ1v) is 11.4. The van der Waals surface area contributed by atoms with E-state index in [1.54, 1.807) is 6.07 Å². The Bertz CT molecular complexity index is 1100. The van der Waals surface area contributed by atoms with Gasteiger partial charge in [0.2, 0.25) is 0 Å². The molecule has 0 nitrogen and oxygen atoms in total. The van der Waals surface area contributed by atoms with E-state index in [-0.39, 0.29) is 17.7 Å². The molecule has 0 bridgehead atoms. The van der Waals surface area contributed by atoms with Gasteiger partial charge in [0.05, 0.1) is 5.56 Å². The number of unbranched alkanes of at least 4 members (excludes halogenated alkanes) is 3. The molecule has 0 N–H and O–H groups in total. The van der Waals surface area contributed by atoms with E-state index in [1.807, 2.05) is 12.1 Å². The lowest BCUT2D eigenvalue weighted by Gasteiger charge is -2.35. The van der Waals surface area contributed by atoms with E-state index in [9.17, 15) is 22.0 Å². The van der Waals surface area contributed by atoms with Gasteiger partial charge < -0.3 is 0 Å². The highest BCUT2D eigenvalue weighted by molar-refractivity contribution is 5.87. The van der Waals surface area contributed by atoms with E-state index in [0.29, 0.717) is 5.56 Å². The molecule has 5 heteroatoms. The van der Waals surface area contributed by atoms with E-state index in [1.165, 1.54) is 18.2 Å². The maximum absolute atomic E-state index is 14.5. The number of rotatable bonds is 6. The molecule has 4 rings (SSSR count). The fraction of sp³-hybridized carbons (Fsp3) is 0.407. The van der Waals surface area contributed by atoms with E-state index >= 15 is 0 Å². The molecular weight excluding hydrogens is 419 g/mol. The van der Waals surface area contributed by atoms with Gasteiger partial charge in [-0.2, -0.15) is 13.2 Å². The Morgan fingerprint density at radius 2 is 1.69 bits per heavy atom. The van der Waals surface area contributed by atoms with Crippen LogP contribution < -0.4 is 0 Å². The lowest BCUT2D eigenvalue weighted by molar-refractivity contribution is -0.140. The van der Waals surface area contributed by atoms with Gasteiger partial charge in [0, 0.05) is 5.92 Å². The number of hydrogen-bond acceptors (Lipinski definition) is 0. The Morgan fingerprint density at radius 1 is 0.906 bits per heavy atom. The fourth-order valence-corrected chi connectivity index (χ4v) is 5.24. The summed E-state index contributed by atoms with van der Waals surface area (Å²) < 4.78 is 67.8. The van der Waals surface area contributed by atoms with Crippen LogP contribution in [-0.2, 0) is 12.6 Å². The zero-order chi connectivity index (χ0) is 22.9. The average Bonchev–Trinajstić information content (AvgIpc) is 2.75. The van der Waals surface area contributed by atoms with Gasteiger partial charge in [-0.15, -0.1) is 0 Å². The third-order valence-corrected chi connectivity index (χ3v) is 6.79. The zero-order valence-corrected chi connectivity index (χ0v) is 18.1. The normalized spacial score (nSPS) is 18.7. The van der Waals surface area contributed by atoms with Crippen molar-refractivity contribution in [3.63, 3.8) is 0 Å². The summed E-state index contributed by atoms with van der Waals surface area (Å²) in [6.07, 6.45) is 2.27. The van der Waals surface area contributed by atoms with Crippen LogP contribution in [0.2, 0.25) is 0 Å². The van der Waals surface area contributed by atoms with Crippen LogP contribution in [0.3, 0.4) is 0 Å². The maximum Gasteiger partial charge on any atom is 0.419 e. The number of aryl methyl sites for hydroxylation is 1. The summed E-state index contributed by atoms with van der Waals surface area (Å²) in [6, 6.07) is 12.0. The highest BCUT2D eigenvalue weighted by Gasteiger charge is 2.36. The Morgan fingerprint density at radius 3 is 2.41 bits per heavy atom. The summed E-state index contributed by atoms with van der Waals surface area (Å²) in [5.74, 6) is -1.55. The molecule has 3 aromatic carbocycles. The molecule has 2 atom stereocenters. The molecule has 0 radical (unpaired) electrons. The van der Waals surface area contributed by atoms with Crippen LogP contribution in [-0.4, -0.2) is 0 Å². The van der Waals surface area contributed by atoms with Crippen LogP contribution in [0.15, 0.2) is 48.5 Å². The quantitative estimate of drug-likeness (QED) is 0.262. The predicted molar refractivity (Wildman–Crippen MR) is 118 cm³/mol. The average molecular weight is 447 g/mol. The van der Waals surface area contributed by atoms with E-state index in [0.717, 1.165) is 79.0 Å². The fourth-order valence-electron chi connectivity index (χ4n) is 5.24. The molecule has 0 saturated carbocycles. The van der Waals surface area contributed by atoms with Gasteiger partial charge >= 0.3 is 6.18 Å². The molecule has 0 heterocycles. The van der Waals surface area contributed by atoms with Gasteiger partial charge in [-0.1, -0.05) is 56.9 Å². The first kappa shape index (κ1) is 22.8. The molecule has 0 aromatic heterocycles. The Labute approximate surface area is 185 Å². The van der Waals surface area contributed by atoms with E-state index < -0.39 is 17.6 Å². The molecular formula is C27H27F5. The minimum absolute atomic E-state index is 0.204. The maximum atomic E-state index is 14.5. The SMILES string of the molecule is CCCCCC[C@@H]1CCc2c(ccc3ccc(F)cc23)[C@H]1c1ccc(C(F)(F)F)c(F)c1. The first-order valence-electron chi connectivity index (χ1n) is 11.4. The van der Waals surface area contributed by atoms with Crippen LogP contribution in [0.1, 0.15) is 73.6 Å². The molecule has 32 heavy (non-hydrogen) atoms. The largest absolute Gasteiger partial charge is 0.419 e. The summed E-state index contributed by atoms with van der Waals surface area (Å²) in [5, 5.41) is 1.77. The van der Waals surface area contributed by atoms with Crippen molar-refractivity contribution in [1.82, 2.24) is 0 Å². The number of halogens is 5. The summed E-state index contributed by atoms with van der Waals surface area (Å²) in [4.78, 5) is 0.